The van der Waals surface area contributed by atoms with Crippen molar-refractivity contribution in [2.45, 2.75) is 19.9 Å². The first-order chi connectivity index (χ1) is 9.51. The van der Waals surface area contributed by atoms with Crippen molar-refractivity contribution in [3.05, 3.63) is 0 Å². The summed E-state index contributed by atoms with van der Waals surface area (Å²) >= 11 is 0. The molecule has 0 aromatic rings. The summed E-state index contributed by atoms with van der Waals surface area (Å²) < 4.78 is 5.06. The van der Waals surface area contributed by atoms with Gasteiger partial charge in [0.25, 0.3) is 0 Å². The topological polar surface area (TPSA) is 66.1 Å². The maximum Gasteiger partial charge on any atom is 0.188 e. The molecule has 0 amide bonds. The van der Waals surface area contributed by atoms with E-state index in [-0.39, 0.29) is 30.0 Å². The molecule has 0 radical (unpaired) electrons. The number of hydrogen-bond acceptors (Lipinski definition) is 4. The van der Waals surface area contributed by atoms with Gasteiger partial charge in [0.1, 0.15) is 0 Å². The molecule has 2 unspecified atom stereocenters. The number of methoxy groups -OCH3 is 1. The van der Waals surface area contributed by atoms with Crippen LogP contribution in [0.1, 0.15) is 13.8 Å². The Morgan fingerprint density at radius 1 is 1.29 bits per heavy atom. The lowest BCUT2D eigenvalue weighted by Gasteiger charge is -2.33. The van der Waals surface area contributed by atoms with Gasteiger partial charge in [-0.15, -0.1) is 24.0 Å². The normalized spacial score (nSPS) is 20.7. The number of guanidine groups is 1. The predicted molar refractivity (Wildman–Crippen MR) is 99.5 cm³/mol. The second kappa shape index (κ2) is 11.4. The third-order valence-electron chi connectivity index (χ3n) is 3.55. The Balaban J connectivity index is 0.00000400. The zero-order chi connectivity index (χ0) is 15.0. The largest absolute Gasteiger partial charge is 0.383 e. The minimum absolute atomic E-state index is 0. The minimum Gasteiger partial charge on any atom is -0.383 e. The van der Waals surface area contributed by atoms with Gasteiger partial charge in [-0.05, 0) is 19.9 Å². The maximum atomic E-state index is 5.87. The summed E-state index contributed by atoms with van der Waals surface area (Å²) in [5, 5.41) is 3.13. The van der Waals surface area contributed by atoms with Gasteiger partial charge < -0.3 is 25.6 Å². The van der Waals surface area contributed by atoms with Crippen molar-refractivity contribution >= 4 is 29.9 Å². The molecule has 1 fully saturated rings. The van der Waals surface area contributed by atoms with E-state index in [2.05, 4.69) is 34.1 Å². The summed E-state index contributed by atoms with van der Waals surface area (Å²) in [7, 11) is 3.86. The lowest BCUT2D eigenvalue weighted by atomic mass is 10.1. The van der Waals surface area contributed by atoms with Crippen LogP contribution in [0.3, 0.4) is 0 Å². The van der Waals surface area contributed by atoms with Crippen molar-refractivity contribution in [2.75, 3.05) is 60.0 Å². The van der Waals surface area contributed by atoms with E-state index in [9.17, 15) is 0 Å². The van der Waals surface area contributed by atoms with E-state index >= 15 is 0 Å². The van der Waals surface area contributed by atoms with Crippen molar-refractivity contribution < 1.29 is 4.74 Å². The van der Waals surface area contributed by atoms with Crippen molar-refractivity contribution in [3.63, 3.8) is 0 Å². The van der Waals surface area contributed by atoms with Crippen LogP contribution in [-0.2, 0) is 4.74 Å². The van der Waals surface area contributed by atoms with E-state index in [1.807, 2.05) is 6.92 Å². The molecule has 0 saturated carbocycles. The van der Waals surface area contributed by atoms with Crippen molar-refractivity contribution in [1.29, 1.82) is 0 Å². The fraction of sp³-hybridized carbons (Fsp3) is 0.929. The molecule has 0 spiro atoms. The first-order valence-electron chi connectivity index (χ1n) is 7.47. The van der Waals surface area contributed by atoms with E-state index < -0.39 is 0 Å². The van der Waals surface area contributed by atoms with Crippen molar-refractivity contribution in [1.82, 2.24) is 15.1 Å². The second-order valence-corrected chi connectivity index (χ2v) is 5.94. The lowest BCUT2D eigenvalue weighted by molar-refractivity contribution is 0.140. The molecule has 126 valence electrons. The van der Waals surface area contributed by atoms with Crippen LogP contribution in [-0.4, -0.2) is 81.8 Å². The average Bonchev–Trinajstić information content (AvgIpc) is 2.39. The van der Waals surface area contributed by atoms with Gasteiger partial charge in [-0.1, -0.05) is 6.92 Å². The monoisotopic (exact) mass is 413 g/mol. The Morgan fingerprint density at radius 3 is 2.48 bits per heavy atom. The number of piperazine rings is 1. The molecule has 2 atom stereocenters. The summed E-state index contributed by atoms with van der Waals surface area (Å²) in [6.07, 6.45) is 0. The number of aliphatic imine (C=N–C) groups is 1. The van der Waals surface area contributed by atoms with Gasteiger partial charge in [-0.2, -0.15) is 0 Å². The summed E-state index contributed by atoms with van der Waals surface area (Å²) in [4.78, 5) is 9.30. The SMILES string of the molecule is COCC(C)NC(N)=NCC(C)CN1CCN(C)CC1.I. The summed E-state index contributed by atoms with van der Waals surface area (Å²) in [5.74, 6) is 1.04. The van der Waals surface area contributed by atoms with Crippen LogP contribution in [0, 0.1) is 5.92 Å². The third-order valence-corrected chi connectivity index (χ3v) is 3.55. The molecule has 1 heterocycles. The Bertz CT molecular complexity index is 295. The van der Waals surface area contributed by atoms with Crippen LogP contribution in [0.4, 0.5) is 0 Å². The molecule has 6 nitrogen and oxygen atoms in total. The van der Waals surface area contributed by atoms with Crippen LogP contribution >= 0.6 is 24.0 Å². The number of nitrogens with two attached hydrogens (primary N) is 1. The molecule has 0 aromatic heterocycles. The highest BCUT2D eigenvalue weighted by Crippen LogP contribution is 2.04. The molecule has 0 bridgehead atoms. The van der Waals surface area contributed by atoms with Gasteiger partial charge in [0, 0.05) is 52.4 Å². The molecule has 0 aromatic carbocycles. The molecule has 0 aliphatic carbocycles. The smallest absolute Gasteiger partial charge is 0.188 e. The zero-order valence-corrected chi connectivity index (χ0v) is 16.2. The fourth-order valence-electron chi connectivity index (χ4n) is 2.37. The second-order valence-electron chi connectivity index (χ2n) is 5.94. The van der Waals surface area contributed by atoms with E-state index in [1.165, 1.54) is 0 Å². The molecule has 7 heteroatoms. The third kappa shape index (κ3) is 9.49. The highest BCUT2D eigenvalue weighted by molar-refractivity contribution is 14.0. The Morgan fingerprint density at radius 2 is 1.90 bits per heavy atom. The number of ether oxygens (including phenoxy) is 1. The van der Waals surface area contributed by atoms with Gasteiger partial charge in [0.2, 0.25) is 0 Å². The van der Waals surface area contributed by atoms with E-state index in [0.29, 0.717) is 18.5 Å². The summed E-state index contributed by atoms with van der Waals surface area (Å²) in [6.45, 7) is 11.4. The minimum atomic E-state index is 0. The molecule has 1 rings (SSSR count). The van der Waals surface area contributed by atoms with Gasteiger partial charge in [0.05, 0.1) is 6.61 Å². The van der Waals surface area contributed by atoms with Crippen LogP contribution in [0.5, 0.6) is 0 Å². The number of rotatable bonds is 7. The van der Waals surface area contributed by atoms with Crippen LogP contribution < -0.4 is 11.1 Å². The van der Waals surface area contributed by atoms with Crippen LogP contribution in [0.25, 0.3) is 0 Å². The Kier molecular flexibility index (Phi) is 11.4. The molecule has 1 aliphatic rings. The van der Waals surface area contributed by atoms with Crippen molar-refractivity contribution in [2.24, 2.45) is 16.6 Å². The molecule has 21 heavy (non-hydrogen) atoms. The number of hydrogen-bond donors (Lipinski definition) is 2. The molecule has 1 aliphatic heterocycles. The summed E-state index contributed by atoms with van der Waals surface area (Å²) in [5.41, 5.74) is 5.87. The van der Waals surface area contributed by atoms with Gasteiger partial charge in [0.15, 0.2) is 5.96 Å². The van der Waals surface area contributed by atoms with Gasteiger partial charge in [-0.25, -0.2) is 0 Å². The zero-order valence-electron chi connectivity index (χ0n) is 13.8. The first kappa shape index (κ1) is 20.9. The molecular formula is C14H32IN5O. The Hall–Kier alpha value is -0.120. The standard InChI is InChI=1S/C14H31N5O.HI/c1-12(10-19-7-5-18(3)6-8-19)9-16-14(15)17-13(2)11-20-4;/h12-13H,5-11H2,1-4H3,(H3,15,16,17);1H. The predicted octanol–water partition coefficient (Wildman–Crippen LogP) is 0.427. The van der Waals surface area contributed by atoms with Crippen molar-refractivity contribution in [3.8, 4) is 0 Å². The number of halogens is 1. The van der Waals surface area contributed by atoms with Crippen LogP contribution in [0.15, 0.2) is 4.99 Å². The van der Waals surface area contributed by atoms with Gasteiger partial charge in [-0.3, -0.25) is 4.99 Å². The Labute approximate surface area is 146 Å². The van der Waals surface area contributed by atoms with Crippen LogP contribution in [0.2, 0.25) is 0 Å². The van der Waals surface area contributed by atoms with E-state index in [1.54, 1.807) is 7.11 Å². The van der Waals surface area contributed by atoms with E-state index in [4.69, 9.17) is 10.5 Å². The maximum absolute atomic E-state index is 5.87. The number of likely N-dealkylation sites (N-methyl/N-ethyl adjacent to an activating group) is 1. The van der Waals surface area contributed by atoms with E-state index in [0.717, 1.165) is 39.3 Å². The molecule has 1 saturated heterocycles. The quantitative estimate of drug-likeness (QED) is 0.360. The lowest BCUT2D eigenvalue weighted by Crippen LogP contribution is -2.46. The highest BCUT2D eigenvalue weighted by Gasteiger charge is 2.15. The number of nitrogens with zero attached hydrogens (tertiary/aromatic N) is 3. The fourth-order valence-corrected chi connectivity index (χ4v) is 2.37. The number of nitrogens with one attached hydrogen (secondary N) is 1. The molecule has 3 N–H and O–H groups in total. The van der Waals surface area contributed by atoms with Gasteiger partial charge >= 0.3 is 0 Å². The summed E-state index contributed by atoms with van der Waals surface area (Å²) in [6, 6.07) is 0.191. The first-order valence-corrected chi connectivity index (χ1v) is 7.47. The average molecular weight is 413 g/mol. The highest BCUT2D eigenvalue weighted by atomic mass is 127. The molecular weight excluding hydrogens is 381 g/mol.